The van der Waals surface area contributed by atoms with Crippen molar-refractivity contribution in [2.45, 2.75) is 35.2 Å². The molecule has 0 spiro atoms. The van der Waals surface area contributed by atoms with Gasteiger partial charge >= 0.3 is 6.18 Å². The summed E-state index contributed by atoms with van der Waals surface area (Å²) in [6.45, 7) is 0.226. The summed E-state index contributed by atoms with van der Waals surface area (Å²) in [5.74, 6) is -0.566. The van der Waals surface area contributed by atoms with Crippen LogP contribution < -0.4 is 15.8 Å². The summed E-state index contributed by atoms with van der Waals surface area (Å²) in [6, 6.07) is 8.00. The molecule has 1 aliphatic rings. The van der Waals surface area contributed by atoms with Gasteiger partial charge < -0.3 is 10.6 Å². The van der Waals surface area contributed by atoms with Crippen LogP contribution in [0, 0.1) is 0 Å². The maximum absolute atomic E-state index is 12.9. The Morgan fingerprint density at radius 1 is 1.09 bits per heavy atom. The van der Waals surface area contributed by atoms with E-state index in [-0.39, 0.29) is 40.7 Å². The molecule has 4 N–H and O–H groups in total. The third-order valence-electron chi connectivity index (χ3n) is 4.67. The van der Waals surface area contributed by atoms with Gasteiger partial charge in [-0.2, -0.15) is 21.6 Å². The topological polar surface area (TPSA) is 148 Å². The summed E-state index contributed by atoms with van der Waals surface area (Å²) in [5.41, 5.74) is -0.512. The molecule has 0 saturated heterocycles. The number of hydrogen-bond acceptors (Lipinski definition) is 6. The zero-order chi connectivity index (χ0) is 24.4. The molecule has 0 radical (unpaired) electrons. The van der Waals surface area contributed by atoms with E-state index in [9.17, 15) is 34.8 Å². The maximum atomic E-state index is 12.9. The minimum absolute atomic E-state index is 0.0325. The van der Waals surface area contributed by atoms with Crippen LogP contribution in [0.3, 0.4) is 0 Å². The van der Waals surface area contributed by atoms with E-state index in [1.807, 2.05) is 0 Å². The first-order valence-corrected chi connectivity index (χ1v) is 12.4. The van der Waals surface area contributed by atoms with Crippen molar-refractivity contribution < 1.29 is 34.8 Å². The molecule has 9 nitrogen and oxygen atoms in total. The van der Waals surface area contributed by atoms with Crippen LogP contribution in [-0.4, -0.2) is 35.1 Å². The second kappa shape index (κ2) is 9.11. The number of amidine groups is 1. The first kappa shape index (κ1) is 24.7. The number of benzene rings is 2. The first-order chi connectivity index (χ1) is 15.3. The van der Waals surface area contributed by atoms with E-state index in [0.29, 0.717) is 18.6 Å². The highest BCUT2D eigenvalue weighted by Gasteiger charge is 2.33. The number of nitrogens with two attached hydrogens (primary N) is 1. The summed E-state index contributed by atoms with van der Waals surface area (Å²) < 4.78 is 89.3. The summed E-state index contributed by atoms with van der Waals surface area (Å²) in [7, 11) is -7.99. The van der Waals surface area contributed by atoms with Crippen molar-refractivity contribution in [3.8, 4) is 0 Å². The third kappa shape index (κ3) is 6.30. The van der Waals surface area contributed by atoms with Crippen LogP contribution in [0.1, 0.15) is 24.0 Å². The number of sulfonamides is 2. The Morgan fingerprint density at radius 2 is 1.76 bits per heavy atom. The largest absolute Gasteiger partial charge is 0.416 e. The van der Waals surface area contributed by atoms with Crippen molar-refractivity contribution in [2.75, 3.05) is 11.9 Å². The van der Waals surface area contributed by atoms with E-state index in [1.165, 1.54) is 12.1 Å². The lowest BCUT2D eigenvalue weighted by Crippen LogP contribution is -2.28. The molecule has 33 heavy (non-hydrogen) atoms. The van der Waals surface area contributed by atoms with Gasteiger partial charge in [0.2, 0.25) is 15.9 Å². The Hall–Kier alpha value is -2.97. The predicted molar refractivity (Wildman–Crippen MR) is 113 cm³/mol. The highest BCUT2D eigenvalue weighted by molar-refractivity contribution is 7.90. The number of nitrogens with zero attached hydrogens (tertiary/aromatic N) is 1. The lowest BCUT2D eigenvalue weighted by molar-refractivity contribution is -0.137. The van der Waals surface area contributed by atoms with Crippen LogP contribution in [0.4, 0.5) is 18.9 Å². The van der Waals surface area contributed by atoms with Gasteiger partial charge in [-0.1, -0.05) is 12.1 Å². The molecule has 0 unspecified atom stereocenters. The molecule has 1 heterocycles. The molecule has 14 heteroatoms. The fourth-order valence-electron chi connectivity index (χ4n) is 3.02. The zero-order valence-corrected chi connectivity index (χ0v) is 18.5. The van der Waals surface area contributed by atoms with Crippen molar-refractivity contribution in [2.24, 2.45) is 9.54 Å². The molecule has 3 rings (SSSR count). The van der Waals surface area contributed by atoms with Gasteiger partial charge in [0.15, 0.2) is 0 Å². The van der Waals surface area contributed by atoms with Gasteiger partial charge in [0.05, 0.1) is 16.1 Å². The van der Waals surface area contributed by atoms with E-state index >= 15 is 0 Å². The number of carbonyl (C=O) groups excluding carboxylic acids is 1. The minimum atomic E-state index is -4.64. The average Bonchev–Trinajstić information content (AvgIpc) is 2.70. The smallest absolute Gasteiger partial charge is 0.356 e. The van der Waals surface area contributed by atoms with Gasteiger partial charge in [0.25, 0.3) is 10.0 Å². The second-order valence-electron chi connectivity index (χ2n) is 7.14. The Balaban J connectivity index is 1.55. The van der Waals surface area contributed by atoms with Crippen molar-refractivity contribution in [1.82, 2.24) is 5.32 Å². The zero-order valence-electron chi connectivity index (χ0n) is 16.9. The average molecular weight is 505 g/mol. The molecule has 0 fully saturated rings. The number of primary sulfonamides is 1. The van der Waals surface area contributed by atoms with Crippen LogP contribution in [0.5, 0.6) is 0 Å². The number of amides is 1. The molecular weight excluding hydrogens is 485 g/mol. The molecule has 0 saturated carbocycles. The lowest BCUT2D eigenvalue weighted by atomic mass is 10.1. The van der Waals surface area contributed by atoms with E-state index in [1.54, 1.807) is 12.1 Å². The molecule has 0 aliphatic carbocycles. The Bertz CT molecular complexity index is 1310. The van der Waals surface area contributed by atoms with Crippen molar-refractivity contribution in [3.05, 3.63) is 53.6 Å². The van der Waals surface area contributed by atoms with Crippen LogP contribution in [0.25, 0.3) is 0 Å². The molecule has 0 bridgehead atoms. The number of carbonyl (C=O) groups is 1. The Labute approximate surface area is 188 Å². The lowest BCUT2D eigenvalue weighted by Gasteiger charge is -2.19. The summed E-state index contributed by atoms with van der Waals surface area (Å²) in [6.07, 6.45) is -4.53. The number of fused-ring (bicyclic) bond motifs is 1. The van der Waals surface area contributed by atoms with Gasteiger partial charge in [-0.05, 0) is 42.3 Å². The van der Waals surface area contributed by atoms with Crippen LogP contribution >= 0.6 is 0 Å². The number of alkyl halides is 3. The molecular formula is C19H19F3N4O5S2. The monoisotopic (exact) mass is 504 g/mol. The molecule has 2 aromatic rings. The van der Waals surface area contributed by atoms with Crippen molar-refractivity contribution in [3.63, 3.8) is 0 Å². The number of halogens is 3. The third-order valence-corrected chi connectivity index (χ3v) is 6.97. The summed E-state index contributed by atoms with van der Waals surface area (Å²) >= 11 is 0. The van der Waals surface area contributed by atoms with E-state index < -0.39 is 37.7 Å². The number of rotatable bonds is 7. The van der Waals surface area contributed by atoms with Crippen molar-refractivity contribution >= 4 is 37.5 Å². The number of nitrogens with one attached hydrogen (secondary N) is 2. The SMILES string of the molecule is NS(=O)(=O)c1ccc(CCNC(=O)CCC2=NS(=O)(=O)c3ccc(C(F)(F)F)cc3N2)cc1. The molecule has 2 aromatic carbocycles. The summed E-state index contributed by atoms with van der Waals surface area (Å²) in [4.78, 5) is 11.7. The molecule has 1 aliphatic heterocycles. The number of hydrogen-bond donors (Lipinski definition) is 3. The molecule has 0 atom stereocenters. The van der Waals surface area contributed by atoms with Crippen LogP contribution in [0.2, 0.25) is 0 Å². The van der Waals surface area contributed by atoms with E-state index in [4.69, 9.17) is 5.14 Å². The van der Waals surface area contributed by atoms with E-state index in [0.717, 1.165) is 11.6 Å². The van der Waals surface area contributed by atoms with Crippen LogP contribution in [0.15, 0.2) is 56.7 Å². The highest BCUT2D eigenvalue weighted by Crippen LogP contribution is 2.35. The summed E-state index contributed by atoms with van der Waals surface area (Å²) in [5, 5.41) is 10.2. The molecule has 1 amide bonds. The predicted octanol–water partition coefficient (Wildman–Crippen LogP) is 2.00. The number of anilines is 1. The highest BCUT2D eigenvalue weighted by atomic mass is 32.2. The normalized spacial score (nSPS) is 15.2. The van der Waals surface area contributed by atoms with Gasteiger partial charge in [0, 0.05) is 19.4 Å². The minimum Gasteiger partial charge on any atom is -0.356 e. The molecule has 178 valence electrons. The quantitative estimate of drug-likeness (QED) is 0.525. The van der Waals surface area contributed by atoms with Gasteiger partial charge in [-0.25, -0.2) is 13.6 Å². The molecule has 0 aromatic heterocycles. The fourth-order valence-corrected chi connectivity index (χ4v) is 4.69. The maximum Gasteiger partial charge on any atom is 0.416 e. The van der Waals surface area contributed by atoms with Crippen molar-refractivity contribution in [1.29, 1.82) is 0 Å². The Kier molecular flexibility index (Phi) is 6.81. The first-order valence-electron chi connectivity index (χ1n) is 9.46. The van der Waals surface area contributed by atoms with E-state index in [2.05, 4.69) is 15.0 Å². The standard InChI is InChI=1S/C19H19F3N4O5S2/c20-19(21,22)13-3-6-16-15(11-13)25-17(26-33(16,30)31)7-8-18(27)24-10-9-12-1-4-14(5-2-12)32(23,28)29/h1-6,11H,7-10H2,(H,24,27)(H,25,26)(H2,23,28,29). The van der Waals surface area contributed by atoms with Gasteiger partial charge in [-0.15, -0.1) is 4.40 Å². The second-order valence-corrected chi connectivity index (χ2v) is 10.3. The fraction of sp³-hybridized carbons (Fsp3) is 0.263. The van der Waals surface area contributed by atoms with Gasteiger partial charge in [-0.3, -0.25) is 4.79 Å². The van der Waals surface area contributed by atoms with Crippen LogP contribution in [-0.2, 0) is 37.4 Å². The Morgan fingerprint density at radius 3 is 2.36 bits per heavy atom. The van der Waals surface area contributed by atoms with Gasteiger partial charge in [0.1, 0.15) is 10.7 Å².